The molecular formula is C22H23ClN6. The molecule has 0 unspecified atom stereocenters. The third-order valence-corrected chi connectivity index (χ3v) is 6.12. The van der Waals surface area contributed by atoms with Crippen LogP contribution in [-0.4, -0.2) is 20.6 Å². The van der Waals surface area contributed by atoms with Gasteiger partial charge in [0.2, 0.25) is 0 Å². The van der Waals surface area contributed by atoms with Gasteiger partial charge in [-0.2, -0.15) is 0 Å². The molecule has 4 aromatic rings. The van der Waals surface area contributed by atoms with Crippen molar-refractivity contribution in [2.24, 2.45) is 5.73 Å². The lowest BCUT2D eigenvalue weighted by atomic mass is 9.85. The summed E-state index contributed by atoms with van der Waals surface area (Å²) in [5, 5.41) is 10.7. The zero-order valence-electron chi connectivity index (χ0n) is 16.0. The predicted octanol–water partition coefficient (Wildman–Crippen LogP) is 4.85. The van der Waals surface area contributed by atoms with Crippen LogP contribution < -0.4 is 16.8 Å². The van der Waals surface area contributed by atoms with E-state index in [0.717, 1.165) is 64.2 Å². The lowest BCUT2D eigenvalue weighted by Gasteiger charge is -2.24. The maximum atomic E-state index is 6.37. The van der Waals surface area contributed by atoms with Crippen LogP contribution in [0.1, 0.15) is 37.3 Å². The van der Waals surface area contributed by atoms with Gasteiger partial charge in [0.05, 0.1) is 17.6 Å². The molecule has 1 fully saturated rings. The number of halogens is 1. The summed E-state index contributed by atoms with van der Waals surface area (Å²) in [5.41, 5.74) is 15.7. The molecule has 1 saturated carbocycles. The number of hydrogen-bond acceptors (Lipinski definition) is 5. The number of fused-ring (bicyclic) bond motifs is 2. The maximum Gasteiger partial charge on any atom is 0.177 e. The van der Waals surface area contributed by atoms with Gasteiger partial charge in [-0.05, 0) is 37.8 Å². The summed E-state index contributed by atoms with van der Waals surface area (Å²) >= 11 is 6.37. The molecule has 0 atom stereocenters. The molecule has 148 valence electrons. The first-order valence-electron chi connectivity index (χ1n) is 9.94. The SMILES string of the molecule is Nc1cc(Nc2ccc(Cl)c3ccccc23)c2nc([C@H]3CC[C@H](N)CC3)cn2n1. The summed E-state index contributed by atoms with van der Waals surface area (Å²) in [6, 6.07) is 14.1. The molecule has 5 rings (SSSR count). The molecular weight excluding hydrogens is 384 g/mol. The number of aromatic nitrogens is 3. The molecule has 2 heterocycles. The molecule has 0 bridgehead atoms. The first kappa shape index (κ1) is 18.2. The van der Waals surface area contributed by atoms with Crippen molar-refractivity contribution >= 4 is 45.2 Å². The van der Waals surface area contributed by atoms with Gasteiger partial charge in [-0.25, -0.2) is 9.50 Å². The van der Waals surface area contributed by atoms with Crippen LogP contribution in [0.15, 0.2) is 48.7 Å². The predicted molar refractivity (Wildman–Crippen MR) is 119 cm³/mol. The Labute approximate surface area is 173 Å². The number of nitrogen functional groups attached to an aromatic ring is 1. The fraction of sp³-hybridized carbons (Fsp3) is 0.273. The second kappa shape index (κ2) is 7.21. The van der Waals surface area contributed by atoms with E-state index in [-0.39, 0.29) is 0 Å². The van der Waals surface area contributed by atoms with Crippen LogP contribution >= 0.6 is 11.6 Å². The van der Waals surface area contributed by atoms with E-state index < -0.39 is 0 Å². The van der Waals surface area contributed by atoms with Crippen molar-refractivity contribution in [3.8, 4) is 0 Å². The Morgan fingerprint density at radius 1 is 1.00 bits per heavy atom. The third kappa shape index (κ3) is 3.39. The Kier molecular flexibility index (Phi) is 4.53. The topological polar surface area (TPSA) is 94.3 Å². The Balaban J connectivity index is 1.56. The van der Waals surface area contributed by atoms with Crippen LogP contribution in [0.3, 0.4) is 0 Å². The summed E-state index contributed by atoms with van der Waals surface area (Å²) in [6.07, 6.45) is 6.19. The highest BCUT2D eigenvalue weighted by molar-refractivity contribution is 6.36. The Morgan fingerprint density at radius 3 is 2.55 bits per heavy atom. The number of hydrogen-bond donors (Lipinski definition) is 3. The fourth-order valence-corrected chi connectivity index (χ4v) is 4.46. The zero-order chi connectivity index (χ0) is 20.0. The number of rotatable bonds is 3. The minimum atomic E-state index is 0.312. The summed E-state index contributed by atoms with van der Waals surface area (Å²) in [5.74, 6) is 0.856. The molecule has 0 amide bonds. The number of anilines is 3. The average Bonchev–Trinajstić information content (AvgIpc) is 3.15. The van der Waals surface area contributed by atoms with Gasteiger partial charge in [-0.15, -0.1) is 5.10 Å². The van der Waals surface area contributed by atoms with Gasteiger partial charge in [0.1, 0.15) is 5.82 Å². The lowest BCUT2D eigenvalue weighted by Crippen LogP contribution is -2.25. The summed E-state index contributed by atoms with van der Waals surface area (Å²) < 4.78 is 1.78. The van der Waals surface area contributed by atoms with Crippen molar-refractivity contribution in [3.63, 3.8) is 0 Å². The van der Waals surface area contributed by atoms with E-state index in [9.17, 15) is 0 Å². The highest BCUT2D eigenvalue weighted by atomic mass is 35.5. The summed E-state index contributed by atoms with van der Waals surface area (Å²) in [6.45, 7) is 0. The Hall–Kier alpha value is -2.83. The van der Waals surface area contributed by atoms with Crippen molar-refractivity contribution in [2.45, 2.75) is 37.6 Å². The lowest BCUT2D eigenvalue weighted by molar-refractivity contribution is 0.391. The van der Waals surface area contributed by atoms with Crippen LogP contribution in [0, 0.1) is 0 Å². The fourth-order valence-electron chi connectivity index (χ4n) is 4.23. The molecule has 0 aliphatic heterocycles. The molecule has 0 saturated heterocycles. The summed E-state index contributed by atoms with van der Waals surface area (Å²) in [4.78, 5) is 4.91. The quantitative estimate of drug-likeness (QED) is 0.452. The highest BCUT2D eigenvalue weighted by Gasteiger charge is 2.23. The van der Waals surface area contributed by atoms with Crippen LogP contribution in [0.5, 0.6) is 0 Å². The highest BCUT2D eigenvalue weighted by Crippen LogP contribution is 2.35. The molecule has 5 N–H and O–H groups in total. The standard InChI is InChI=1S/C22H23ClN6/c23-17-9-10-18(16-4-2-1-3-15(16)17)26-19-11-21(25)28-29-12-20(27-22(19)29)13-5-7-14(24)8-6-13/h1-4,9-14,26H,5-8,24H2,(H2,25,28)/t13-,14-. The average molecular weight is 407 g/mol. The minimum absolute atomic E-state index is 0.312. The minimum Gasteiger partial charge on any atom is -0.382 e. The van der Waals surface area contributed by atoms with Gasteiger partial charge in [0.25, 0.3) is 0 Å². The second-order valence-electron chi connectivity index (χ2n) is 7.79. The molecule has 0 spiro atoms. The molecule has 7 heteroatoms. The summed E-state index contributed by atoms with van der Waals surface area (Å²) in [7, 11) is 0. The van der Waals surface area contributed by atoms with E-state index in [4.69, 9.17) is 28.1 Å². The van der Waals surface area contributed by atoms with Crippen LogP contribution in [-0.2, 0) is 0 Å². The number of nitrogens with zero attached hydrogens (tertiary/aromatic N) is 3. The molecule has 0 radical (unpaired) electrons. The monoisotopic (exact) mass is 406 g/mol. The van der Waals surface area contributed by atoms with E-state index in [0.29, 0.717) is 17.8 Å². The van der Waals surface area contributed by atoms with Gasteiger partial charge in [-0.3, -0.25) is 0 Å². The number of nitrogens with one attached hydrogen (secondary N) is 1. The first-order valence-corrected chi connectivity index (χ1v) is 10.3. The van der Waals surface area contributed by atoms with Gasteiger partial charge in [-0.1, -0.05) is 35.9 Å². The zero-order valence-corrected chi connectivity index (χ0v) is 16.7. The van der Waals surface area contributed by atoms with E-state index >= 15 is 0 Å². The van der Waals surface area contributed by atoms with Crippen molar-refractivity contribution in [3.05, 3.63) is 59.4 Å². The van der Waals surface area contributed by atoms with Crippen molar-refractivity contribution in [1.82, 2.24) is 14.6 Å². The number of nitrogens with two attached hydrogens (primary N) is 2. The van der Waals surface area contributed by atoms with Crippen LogP contribution in [0.25, 0.3) is 16.4 Å². The van der Waals surface area contributed by atoms with Crippen LogP contribution in [0.4, 0.5) is 17.2 Å². The number of benzene rings is 2. The van der Waals surface area contributed by atoms with Gasteiger partial charge in [0.15, 0.2) is 5.65 Å². The van der Waals surface area contributed by atoms with Gasteiger partial charge < -0.3 is 16.8 Å². The van der Waals surface area contributed by atoms with Crippen molar-refractivity contribution in [1.29, 1.82) is 0 Å². The van der Waals surface area contributed by atoms with Crippen molar-refractivity contribution in [2.75, 3.05) is 11.1 Å². The maximum absolute atomic E-state index is 6.37. The molecule has 29 heavy (non-hydrogen) atoms. The molecule has 1 aliphatic rings. The van der Waals surface area contributed by atoms with E-state index in [1.165, 1.54) is 0 Å². The third-order valence-electron chi connectivity index (χ3n) is 5.79. The largest absolute Gasteiger partial charge is 0.382 e. The smallest absolute Gasteiger partial charge is 0.177 e. The van der Waals surface area contributed by atoms with E-state index in [2.05, 4.69) is 10.4 Å². The Bertz CT molecular complexity index is 1190. The van der Waals surface area contributed by atoms with E-state index in [1.807, 2.05) is 48.7 Å². The van der Waals surface area contributed by atoms with Gasteiger partial charge >= 0.3 is 0 Å². The molecule has 2 aromatic carbocycles. The molecule has 1 aliphatic carbocycles. The number of imidazole rings is 1. The normalized spacial score (nSPS) is 19.7. The first-order chi connectivity index (χ1) is 14.1. The van der Waals surface area contributed by atoms with E-state index in [1.54, 1.807) is 4.52 Å². The van der Waals surface area contributed by atoms with Crippen LogP contribution in [0.2, 0.25) is 5.02 Å². The second-order valence-corrected chi connectivity index (χ2v) is 8.20. The molecule has 6 nitrogen and oxygen atoms in total. The Morgan fingerprint density at radius 2 is 1.76 bits per heavy atom. The van der Waals surface area contributed by atoms with Gasteiger partial charge in [0, 0.05) is 39.5 Å². The molecule has 2 aromatic heterocycles. The van der Waals surface area contributed by atoms with Crippen molar-refractivity contribution < 1.29 is 0 Å².